The number of aromatic nitrogens is 3. The molecule has 0 aliphatic carbocycles. The van der Waals surface area contributed by atoms with Crippen molar-refractivity contribution in [2.24, 2.45) is 11.8 Å². The number of carbonyl (C=O) groups is 2. The molecule has 7 nitrogen and oxygen atoms in total. The first kappa shape index (κ1) is 24.6. The van der Waals surface area contributed by atoms with Crippen LogP contribution in [0.25, 0.3) is 0 Å². The van der Waals surface area contributed by atoms with Crippen molar-refractivity contribution in [3.05, 3.63) is 83.7 Å². The molecule has 1 saturated heterocycles. The highest BCUT2D eigenvalue weighted by Gasteiger charge is 2.29. The number of nitrogens with zero attached hydrogens (tertiary/aromatic N) is 5. The van der Waals surface area contributed by atoms with Crippen LogP contribution < -0.4 is 0 Å². The zero-order valence-electron chi connectivity index (χ0n) is 20.9. The van der Waals surface area contributed by atoms with Gasteiger partial charge in [-0.2, -0.15) is 0 Å². The number of amides is 2. The molecule has 3 aromatic rings. The van der Waals surface area contributed by atoms with Crippen molar-refractivity contribution in [3.8, 4) is 0 Å². The molecule has 0 bridgehead atoms. The van der Waals surface area contributed by atoms with Gasteiger partial charge in [0.1, 0.15) is 5.82 Å². The number of rotatable bonds is 7. The van der Waals surface area contributed by atoms with Crippen LogP contribution in [0.1, 0.15) is 47.7 Å². The van der Waals surface area contributed by atoms with Crippen LogP contribution in [0.5, 0.6) is 0 Å². The molecule has 0 saturated carbocycles. The van der Waals surface area contributed by atoms with Gasteiger partial charge in [-0.25, -0.2) is 4.98 Å². The second kappa shape index (κ2) is 11.3. The van der Waals surface area contributed by atoms with Crippen molar-refractivity contribution in [1.82, 2.24) is 24.3 Å². The fourth-order valence-electron chi connectivity index (χ4n) is 4.69. The molecule has 1 aromatic carbocycles. The van der Waals surface area contributed by atoms with Gasteiger partial charge in [0, 0.05) is 69.0 Å². The van der Waals surface area contributed by atoms with Crippen LogP contribution in [0.15, 0.2) is 61.1 Å². The number of hydrogen-bond donors (Lipinski definition) is 0. The van der Waals surface area contributed by atoms with E-state index in [0.717, 1.165) is 23.5 Å². The van der Waals surface area contributed by atoms with Crippen LogP contribution in [0.4, 0.5) is 0 Å². The number of imidazole rings is 1. The van der Waals surface area contributed by atoms with Gasteiger partial charge in [0.05, 0.1) is 0 Å². The summed E-state index contributed by atoms with van der Waals surface area (Å²) < 4.78 is 2.07. The molecule has 2 aromatic heterocycles. The molecular formula is C28H35N5O2. The van der Waals surface area contributed by atoms with Gasteiger partial charge in [-0.3, -0.25) is 14.6 Å². The van der Waals surface area contributed by atoms with Crippen molar-refractivity contribution in [3.63, 3.8) is 0 Å². The molecule has 4 rings (SSSR count). The largest absolute Gasteiger partial charge is 0.341 e. The van der Waals surface area contributed by atoms with E-state index < -0.39 is 0 Å². The molecule has 1 aliphatic heterocycles. The molecule has 0 N–H and O–H groups in total. The second-order valence-corrected chi connectivity index (χ2v) is 9.88. The maximum absolute atomic E-state index is 13.6. The number of carbonyl (C=O) groups excluding carboxylic acids is 2. The summed E-state index contributed by atoms with van der Waals surface area (Å²) in [6.45, 7) is 9.12. The van der Waals surface area contributed by atoms with E-state index in [1.807, 2.05) is 65.4 Å². The van der Waals surface area contributed by atoms with Gasteiger partial charge in [-0.15, -0.1) is 0 Å². The number of benzene rings is 1. The van der Waals surface area contributed by atoms with E-state index in [0.29, 0.717) is 50.6 Å². The molecule has 2 amide bonds. The van der Waals surface area contributed by atoms with E-state index in [9.17, 15) is 9.59 Å². The van der Waals surface area contributed by atoms with Crippen molar-refractivity contribution in [2.45, 2.75) is 40.2 Å². The molecule has 35 heavy (non-hydrogen) atoms. The maximum Gasteiger partial charge on any atom is 0.253 e. The van der Waals surface area contributed by atoms with Gasteiger partial charge >= 0.3 is 0 Å². The van der Waals surface area contributed by atoms with E-state index in [4.69, 9.17) is 0 Å². The van der Waals surface area contributed by atoms with Crippen LogP contribution in [-0.4, -0.2) is 62.3 Å². The minimum Gasteiger partial charge on any atom is -0.341 e. The highest BCUT2D eigenvalue weighted by Crippen LogP contribution is 2.19. The Bertz CT molecular complexity index is 1140. The van der Waals surface area contributed by atoms with Crippen molar-refractivity contribution in [2.75, 3.05) is 26.2 Å². The first-order chi connectivity index (χ1) is 16.9. The number of pyridine rings is 1. The molecular weight excluding hydrogens is 438 g/mol. The number of hydrogen-bond acceptors (Lipinski definition) is 4. The van der Waals surface area contributed by atoms with Crippen LogP contribution in [-0.2, 0) is 17.8 Å². The third kappa shape index (κ3) is 6.56. The summed E-state index contributed by atoms with van der Waals surface area (Å²) in [6.07, 6.45) is 6.79. The minimum absolute atomic E-state index is 0.0124. The second-order valence-electron chi connectivity index (χ2n) is 9.88. The fourth-order valence-corrected chi connectivity index (χ4v) is 4.69. The normalized spacial score (nSPS) is 16.4. The van der Waals surface area contributed by atoms with Gasteiger partial charge in [0.15, 0.2) is 0 Å². The predicted octanol–water partition coefficient (Wildman–Crippen LogP) is 3.82. The first-order valence-corrected chi connectivity index (χ1v) is 12.4. The predicted molar refractivity (Wildman–Crippen MR) is 136 cm³/mol. The average molecular weight is 474 g/mol. The topological polar surface area (TPSA) is 71.3 Å². The minimum atomic E-state index is 0.0124. The first-order valence-electron chi connectivity index (χ1n) is 12.4. The SMILES string of the molecule is Cc1nccn1Cc1cccc(C(=O)N2CCN(C(=O)CC(C)C)C[C@H](Cc3ccccn3)C2)c1. The van der Waals surface area contributed by atoms with Crippen LogP contribution in [0, 0.1) is 18.8 Å². The highest BCUT2D eigenvalue weighted by molar-refractivity contribution is 5.94. The van der Waals surface area contributed by atoms with Gasteiger partial charge in [-0.1, -0.05) is 32.0 Å². The maximum atomic E-state index is 13.6. The summed E-state index contributed by atoms with van der Waals surface area (Å²) in [5.41, 5.74) is 2.73. The molecule has 7 heteroatoms. The Labute approximate surface area is 207 Å². The zero-order valence-corrected chi connectivity index (χ0v) is 20.9. The average Bonchev–Trinajstić information content (AvgIpc) is 3.11. The Morgan fingerprint density at radius 1 is 1.00 bits per heavy atom. The summed E-state index contributed by atoms with van der Waals surface area (Å²) in [6, 6.07) is 13.7. The van der Waals surface area contributed by atoms with Gasteiger partial charge < -0.3 is 14.4 Å². The summed E-state index contributed by atoms with van der Waals surface area (Å²) in [5.74, 6) is 1.55. The smallest absolute Gasteiger partial charge is 0.253 e. The van der Waals surface area contributed by atoms with Crippen LogP contribution >= 0.6 is 0 Å². The Kier molecular flexibility index (Phi) is 7.95. The van der Waals surface area contributed by atoms with E-state index in [-0.39, 0.29) is 17.7 Å². The van der Waals surface area contributed by atoms with E-state index in [1.54, 1.807) is 12.4 Å². The lowest BCUT2D eigenvalue weighted by Gasteiger charge is -2.25. The zero-order chi connectivity index (χ0) is 24.8. The van der Waals surface area contributed by atoms with E-state index in [1.165, 1.54) is 0 Å². The fraction of sp³-hybridized carbons (Fsp3) is 0.429. The highest BCUT2D eigenvalue weighted by atomic mass is 16.2. The standard InChI is InChI=1S/C28H35N5O2/c1-21(2)15-27(34)32-13-14-33(20-24(19-32)17-26-9-4-5-10-30-26)28(35)25-8-6-7-23(16-25)18-31-12-11-29-22(31)3/h4-12,16,21,24H,13-15,17-20H2,1-3H3/t24-/m0/s1. The molecule has 0 unspecified atom stereocenters. The van der Waals surface area contributed by atoms with E-state index in [2.05, 4.69) is 28.4 Å². The lowest BCUT2D eigenvalue weighted by molar-refractivity contribution is -0.132. The van der Waals surface area contributed by atoms with Crippen molar-refractivity contribution < 1.29 is 9.59 Å². The monoisotopic (exact) mass is 473 g/mol. The molecule has 1 aliphatic rings. The van der Waals surface area contributed by atoms with Gasteiger partial charge in [0.25, 0.3) is 5.91 Å². The molecule has 3 heterocycles. The Hall–Kier alpha value is -3.48. The summed E-state index contributed by atoms with van der Waals surface area (Å²) >= 11 is 0. The summed E-state index contributed by atoms with van der Waals surface area (Å²) in [5, 5.41) is 0. The lowest BCUT2D eigenvalue weighted by atomic mass is 10.0. The van der Waals surface area contributed by atoms with Gasteiger partial charge in [0.2, 0.25) is 5.91 Å². The third-order valence-electron chi connectivity index (χ3n) is 6.49. The summed E-state index contributed by atoms with van der Waals surface area (Å²) in [7, 11) is 0. The van der Waals surface area contributed by atoms with E-state index >= 15 is 0 Å². The number of aryl methyl sites for hydroxylation is 1. The van der Waals surface area contributed by atoms with Gasteiger partial charge in [-0.05, 0) is 55.0 Å². The van der Waals surface area contributed by atoms with Crippen LogP contribution in [0.2, 0.25) is 0 Å². The van der Waals surface area contributed by atoms with Crippen molar-refractivity contribution in [1.29, 1.82) is 0 Å². The summed E-state index contributed by atoms with van der Waals surface area (Å²) in [4.78, 5) is 39.2. The third-order valence-corrected chi connectivity index (χ3v) is 6.49. The Morgan fingerprint density at radius 2 is 1.80 bits per heavy atom. The molecule has 0 radical (unpaired) electrons. The molecule has 184 valence electrons. The Morgan fingerprint density at radius 3 is 2.51 bits per heavy atom. The van der Waals surface area contributed by atoms with Crippen LogP contribution in [0.3, 0.4) is 0 Å². The van der Waals surface area contributed by atoms with Crippen molar-refractivity contribution >= 4 is 11.8 Å². The molecule has 0 spiro atoms. The Balaban J connectivity index is 1.52. The quantitative estimate of drug-likeness (QED) is 0.523. The molecule has 1 fully saturated rings. The molecule has 1 atom stereocenters. The lowest BCUT2D eigenvalue weighted by Crippen LogP contribution is -2.37.